The van der Waals surface area contributed by atoms with Gasteiger partial charge in [0.2, 0.25) is 0 Å². The topological polar surface area (TPSA) is 94.2 Å². The van der Waals surface area contributed by atoms with Crippen molar-refractivity contribution in [1.82, 2.24) is 25.2 Å². The van der Waals surface area contributed by atoms with Crippen molar-refractivity contribution in [3.63, 3.8) is 0 Å². The van der Waals surface area contributed by atoms with E-state index in [9.17, 15) is 9.59 Å². The number of rotatable bonds is 7. The lowest BCUT2D eigenvalue weighted by atomic mass is 10.1. The predicted octanol–water partition coefficient (Wildman–Crippen LogP) is 3.66. The number of benzene rings is 1. The molecule has 0 bridgehead atoms. The third-order valence-electron chi connectivity index (χ3n) is 5.95. The molecule has 1 fully saturated rings. The number of hydrogen-bond acceptors (Lipinski definition) is 4. The molecule has 1 aliphatic rings. The summed E-state index contributed by atoms with van der Waals surface area (Å²) in [6.07, 6.45) is 9.78. The fraction of sp³-hybridized carbons (Fsp3) is 0.250. The number of pyridine rings is 1. The number of H-pyrrole nitrogens is 1. The van der Waals surface area contributed by atoms with E-state index in [4.69, 9.17) is 0 Å². The molecule has 5 rings (SSSR count). The normalized spacial score (nSPS) is 14.3. The van der Waals surface area contributed by atoms with Crippen molar-refractivity contribution in [2.45, 2.75) is 13.0 Å². The molecule has 1 aliphatic heterocycles. The van der Waals surface area contributed by atoms with Crippen molar-refractivity contribution in [2.24, 2.45) is 6.26 Å². The summed E-state index contributed by atoms with van der Waals surface area (Å²) in [4.78, 5) is 41.8. The fourth-order valence-corrected chi connectivity index (χ4v) is 5.61. The number of carbonyl (C=O) groups excluding carboxylic acids is 2. The van der Waals surface area contributed by atoms with Crippen molar-refractivity contribution in [3.05, 3.63) is 77.2 Å². The fourth-order valence-electron chi connectivity index (χ4n) is 4.14. The van der Waals surface area contributed by atoms with Crippen LogP contribution in [-0.4, -0.2) is 51.4 Å². The monoisotopic (exact) mass is 461 g/mol. The Kier molecular flexibility index (Phi) is 5.78. The van der Waals surface area contributed by atoms with Gasteiger partial charge in [-0.2, -0.15) is 4.98 Å². The van der Waals surface area contributed by atoms with E-state index in [1.807, 2.05) is 41.6 Å². The van der Waals surface area contributed by atoms with E-state index in [2.05, 4.69) is 32.4 Å². The first kappa shape index (κ1) is 21.1. The number of nitrogens with one attached hydrogen (secondary N) is 2. The van der Waals surface area contributed by atoms with Gasteiger partial charge < -0.3 is 15.2 Å². The van der Waals surface area contributed by atoms with E-state index in [0.717, 1.165) is 17.5 Å². The number of para-hydroxylation sites is 1. The van der Waals surface area contributed by atoms with Gasteiger partial charge in [-0.05, 0) is 29.7 Å². The Hall–Kier alpha value is -3.72. The highest BCUT2D eigenvalue weighted by Gasteiger charge is 2.37. The van der Waals surface area contributed by atoms with Crippen LogP contribution >= 0.6 is 10.5 Å². The number of amides is 3. The first-order valence-corrected chi connectivity index (χ1v) is 12.5. The summed E-state index contributed by atoms with van der Waals surface area (Å²) in [7, 11) is -0.557. The second kappa shape index (κ2) is 9.03. The van der Waals surface area contributed by atoms with E-state index in [1.54, 1.807) is 23.5 Å². The van der Waals surface area contributed by atoms with E-state index < -0.39 is 10.5 Å². The molecule has 4 heterocycles. The van der Waals surface area contributed by atoms with Crippen molar-refractivity contribution in [3.8, 4) is 0 Å². The van der Waals surface area contributed by atoms with Crippen LogP contribution in [-0.2, 0) is 19.2 Å². The Balaban J connectivity index is 1.22. The number of carbonyl (C=O) groups is 2. The summed E-state index contributed by atoms with van der Waals surface area (Å²) in [5.41, 5.74) is 3.25. The standard InChI is InChI=1S/C24H24N6O2S/c1-33-21(22(31)27-14-17-5-4-9-25-13-17)16-28-23(33)30-12-11-29(24(30)32)10-8-18-15-26-20-7-3-2-6-19(18)20/h2-7,9,13,15-16,26H,8,10-12,14H2,1H3/p+1. The smallest absolute Gasteiger partial charge is 0.351 e. The second-order valence-electron chi connectivity index (χ2n) is 7.99. The molecule has 1 unspecified atom stereocenters. The van der Waals surface area contributed by atoms with Crippen LogP contribution in [0.25, 0.3) is 10.9 Å². The third-order valence-corrected chi connectivity index (χ3v) is 7.77. The van der Waals surface area contributed by atoms with Crippen LogP contribution in [0.1, 0.15) is 20.8 Å². The number of urea groups is 1. The van der Waals surface area contributed by atoms with E-state index in [0.29, 0.717) is 36.2 Å². The molecule has 33 heavy (non-hydrogen) atoms. The summed E-state index contributed by atoms with van der Waals surface area (Å²) < 4.78 is 0. The lowest BCUT2D eigenvalue weighted by Gasteiger charge is -2.15. The summed E-state index contributed by atoms with van der Waals surface area (Å²) in [6.45, 7) is 2.29. The molecule has 0 saturated carbocycles. The quantitative estimate of drug-likeness (QED) is 0.411. The number of aromatic nitrogens is 3. The van der Waals surface area contributed by atoms with Crippen molar-refractivity contribution >= 4 is 38.4 Å². The number of aromatic amines is 1. The SMILES string of the molecule is C[s+]1c(C(=O)NCc2cccnc2)cnc1N1CCN(CCc2c[nH]c3ccccc23)C1=O. The molecule has 0 aliphatic carbocycles. The van der Waals surface area contributed by atoms with Gasteiger partial charge in [-0.3, -0.25) is 9.78 Å². The van der Waals surface area contributed by atoms with Crippen LogP contribution in [0.3, 0.4) is 0 Å². The van der Waals surface area contributed by atoms with Gasteiger partial charge in [0.05, 0.1) is 12.7 Å². The van der Waals surface area contributed by atoms with Gasteiger partial charge in [0.1, 0.15) is 6.26 Å². The first-order valence-electron chi connectivity index (χ1n) is 10.8. The molecule has 1 aromatic carbocycles. The van der Waals surface area contributed by atoms with Crippen molar-refractivity contribution in [2.75, 3.05) is 24.5 Å². The molecule has 3 amide bonds. The molecule has 1 atom stereocenters. The molecule has 8 nitrogen and oxygen atoms in total. The van der Waals surface area contributed by atoms with E-state index in [-0.39, 0.29) is 11.9 Å². The minimum atomic E-state index is -0.557. The summed E-state index contributed by atoms with van der Waals surface area (Å²) in [5.74, 6) is -0.161. The average molecular weight is 462 g/mol. The van der Waals surface area contributed by atoms with Gasteiger partial charge in [0.25, 0.3) is 4.88 Å². The molecule has 4 aromatic rings. The summed E-state index contributed by atoms with van der Waals surface area (Å²) in [6, 6.07) is 11.9. The number of fused-ring (bicyclic) bond motifs is 1. The number of nitrogens with zero attached hydrogens (tertiary/aromatic N) is 4. The van der Waals surface area contributed by atoms with Crippen LogP contribution in [0.15, 0.2) is 61.2 Å². The zero-order valence-corrected chi connectivity index (χ0v) is 19.1. The Labute approximate surface area is 194 Å². The molecular weight excluding hydrogens is 436 g/mol. The van der Waals surface area contributed by atoms with E-state index in [1.165, 1.54) is 10.9 Å². The maximum absolute atomic E-state index is 13.1. The van der Waals surface area contributed by atoms with Crippen molar-refractivity contribution < 1.29 is 9.59 Å². The highest BCUT2D eigenvalue weighted by molar-refractivity contribution is 7.34. The average Bonchev–Trinajstić information content (AvgIpc) is 3.53. The largest absolute Gasteiger partial charge is 0.361 e. The zero-order chi connectivity index (χ0) is 22.8. The number of hydrogen-bond donors (Lipinski definition) is 2. The molecule has 9 heteroatoms. The number of thiazole rings is 1. The van der Waals surface area contributed by atoms with Gasteiger partial charge in [-0.1, -0.05) is 24.3 Å². The molecule has 2 N–H and O–H groups in total. The molecular formula is C24H25N6O2S+. The molecule has 168 valence electrons. The predicted molar refractivity (Wildman–Crippen MR) is 129 cm³/mol. The Morgan fingerprint density at radius 1 is 1.18 bits per heavy atom. The van der Waals surface area contributed by atoms with Crippen LogP contribution in [0, 0.1) is 0 Å². The van der Waals surface area contributed by atoms with Crippen molar-refractivity contribution in [1.29, 1.82) is 0 Å². The van der Waals surface area contributed by atoms with E-state index >= 15 is 0 Å². The maximum Gasteiger partial charge on any atom is 0.351 e. The maximum atomic E-state index is 13.1. The van der Waals surface area contributed by atoms with Crippen LogP contribution in [0.5, 0.6) is 0 Å². The van der Waals surface area contributed by atoms with Crippen LogP contribution < -0.4 is 10.2 Å². The third kappa shape index (κ3) is 4.19. The second-order valence-corrected chi connectivity index (χ2v) is 9.82. The lowest BCUT2D eigenvalue weighted by molar-refractivity contribution is 0.0954. The molecule has 0 radical (unpaired) electrons. The summed E-state index contributed by atoms with van der Waals surface area (Å²) in [5, 5.41) is 4.79. The van der Waals surface area contributed by atoms with Crippen LogP contribution in [0.2, 0.25) is 0 Å². The first-order chi connectivity index (χ1) is 16.1. The molecule has 0 spiro atoms. The molecule has 3 aromatic heterocycles. The Bertz CT molecular complexity index is 1300. The van der Waals surface area contributed by atoms with Gasteiger partial charge in [0.15, 0.2) is 0 Å². The summed E-state index contributed by atoms with van der Waals surface area (Å²) >= 11 is 0. The Morgan fingerprint density at radius 2 is 2.06 bits per heavy atom. The van der Waals surface area contributed by atoms with Gasteiger partial charge >= 0.3 is 17.1 Å². The number of anilines is 1. The van der Waals surface area contributed by atoms with Crippen LogP contribution in [0.4, 0.5) is 9.93 Å². The Morgan fingerprint density at radius 3 is 2.91 bits per heavy atom. The van der Waals surface area contributed by atoms with Gasteiger partial charge in [-0.25, -0.2) is 9.69 Å². The molecule has 1 saturated heterocycles. The minimum Gasteiger partial charge on any atom is -0.361 e. The lowest BCUT2D eigenvalue weighted by Crippen LogP contribution is -2.33. The van der Waals surface area contributed by atoms with Gasteiger partial charge in [-0.15, -0.1) is 0 Å². The highest BCUT2D eigenvalue weighted by Crippen LogP contribution is 2.35. The minimum absolute atomic E-state index is 0.0432. The van der Waals surface area contributed by atoms with Gasteiger partial charge in [0, 0.05) is 59.6 Å². The highest BCUT2D eigenvalue weighted by atomic mass is 32.2. The zero-order valence-electron chi connectivity index (χ0n) is 18.3.